The summed E-state index contributed by atoms with van der Waals surface area (Å²) in [6, 6.07) is 7.50. The normalized spacial score (nSPS) is 11.6. The molecule has 1 heterocycles. The van der Waals surface area contributed by atoms with Gasteiger partial charge in [-0.15, -0.1) is 0 Å². The van der Waals surface area contributed by atoms with Crippen LogP contribution < -0.4 is 14.9 Å². The molecule has 140 valence electrons. The van der Waals surface area contributed by atoms with Crippen LogP contribution in [0.25, 0.3) is 0 Å². The van der Waals surface area contributed by atoms with E-state index in [-0.39, 0.29) is 5.82 Å². The van der Waals surface area contributed by atoms with Crippen LogP contribution in [0.1, 0.15) is 30.9 Å². The molecule has 1 aromatic carbocycles. The van der Waals surface area contributed by atoms with E-state index in [0.29, 0.717) is 18.1 Å². The maximum absolute atomic E-state index is 12.5. The van der Waals surface area contributed by atoms with Crippen LogP contribution in [-0.2, 0) is 6.18 Å². The van der Waals surface area contributed by atoms with Crippen LogP contribution >= 0.6 is 0 Å². The first-order chi connectivity index (χ1) is 12.4. The third-order valence-electron chi connectivity index (χ3n) is 3.43. The van der Waals surface area contributed by atoms with Gasteiger partial charge >= 0.3 is 6.18 Å². The van der Waals surface area contributed by atoms with Crippen LogP contribution in [0.5, 0.6) is 11.5 Å². The molecule has 1 aromatic heterocycles. The maximum Gasteiger partial charge on any atom is 0.417 e. The van der Waals surface area contributed by atoms with Crippen LogP contribution in [0.3, 0.4) is 0 Å². The van der Waals surface area contributed by atoms with Crippen molar-refractivity contribution < 1.29 is 22.6 Å². The number of hydrogen-bond donors (Lipinski definition) is 1. The molecule has 0 amide bonds. The number of pyridine rings is 1. The van der Waals surface area contributed by atoms with Crippen molar-refractivity contribution in [3.8, 4) is 11.5 Å². The lowest BCUT2D eigenvalue weighted by Gasteiger charge is -2.10. The fourth-order valence-corrected chi connectivity index (χ4v) is 2.01. The fraction of sp³-hybridized carbons (Fsp3) is 0.333. The Morgan fingerprint density at radius 2 is 2.00 bits per heavy atom. The van der Waals surface area contributed by atoms with Crippen LogP contribution in [0.2, 0.25) is 0 Å². The molecule has 0 unspecified atom stereocenters. The van der Waals surface area contributed by atoms with Crippen LogP contribution in [0.4, 0.5) is 19.0 Å². The molecule has 2 rings (SSSR count). The first-order valence-corrected chi connectivity index (χ1v) is 8.07. The first kappa shape index (κ1) is 19.6. The van der Waals surface area contributed by atoms with Crippen molar-refractivity contribution >= 4 is 12.0 Å². The summed E-state index contributed by atoms with van der Waals surface area (Å²) in [4.78, 5) is 3.68. The summed E-state index contributed by atoms with van der Waals surface area (Å²) < 4.78 is 48.4. The number of nitrogens with one attached hydrogen (secondary N) is 1. The van der Waals surface area contributed by atoms with Crippen molar-refractivity contribution in [1.29, 1.82) is 0 Å². The molecule has 0 atom stereocenters. The molecule has 0 fully saturated rings. The molecule has 0 bridgehead atoms. The lowest BCUT2D eigenvalue weighted by atomic mass is 10.2. The fourth-order valence-electron chi connectivity index (χ4n) is 2.01. The summed E-state index contributed by atoms with van der Waals surface area (Å²) in [5, 5.41) is 3.97. The summed E-state index contributed by atoms with van der Waals surface area (Å²) >= 11 is 0. The number of nitrogens with zero attached hydrogens (tertiary/aromatic N) is 2. The largest absolute Gasteiger partial charge is 0.493 e. The monoisotopic (exact) mass is 367 g/mol. The highest BCUT2D eigenvalue weighted by molar-refractivity contribution is 5.81. The second kappa shape index (κ2) is 9.07. The van der Waals surface area contributed by atoms with Gasteiger partial charge in [0.2, 0.25) is 0 Å². The van der Waals surface area contributed by atoms with Gasteiger partial charge < -0.3 is 9.47 Å². The molecule has 1 N–H and O–H groups in total. The maximum atomic E-state index is 12.5. The summed E-state index contributed by atoms with van der Waals surface area (Å²) in [5.41, 5.74) is 2.51. The van der Waals surface area contributed by atoms with E-state index >= 15 is 0 Å². The number of methoxy groups -OCH3 is 1. The topological polar surface area (TPSA) is 55.7 Å². The third-order valence-corrected chi connectivity index (χ3v) is 3.43. The quantitative estimate of drug-likeness (QED) is 0.416. The van der Waals surface area contributed by atoms with Gasteiger partial charge in [-0.05, 0) is 42.3 Å². The van der Waals surface area contributed by atoms with Gasteiger partial charge in [0.1, 0.15) is 5.82 Å². The van der Waals surface area contributed by atoms with Crippen LogP contribution in [0, 0.1) is 0 Å². The lowest BCUT2D eigenvalue weighted by Crippen LogP contribution is -2.05. The first-order valence-electron chi connectivity index (χ1n) is 8.07. The highest BCUT2D eigenvalue weighted by Gasteiger charge is 2.30. The van der Waals surface area contributed by atoms with E-state index in [1.165, 1.54) is 12.3 Å². The van der Waals surface area contributed by atoms with E-state index in [1.54, 1.807) is 25.3 Å². The second-order valence-electron chi connectivity index (χ2n) is 5.41. The number of anilines is 1. The summed E-state index contributed by atoms with van der Waals surface area (Å²) in [6.07, 6.45) is -0.152. The highest BCUT2D eigenvalue weighted by atomic mass is 19.4. The predicted octanol–water partition coefficient (Wildman–Crippen LogP) is 4.73. The average molecular weight is 367 g/mol. The minimum atomic E-state index is -4.41. The molecular formula is C18H20F3N3O2. The predicted molar refractivity (Wildman–Crippen MR) is 93.9 cm³/mol. The summed E-state index contributed by atoms with van der Waals surface area (Å²) in [5.74, 6) is 1.44. The Morgan fingerprint density at radius 3 is 2.62 bits per heavy atom. The van der Waals surface area contributed by atoms with Crippen molar-refractivity contribution in [3.63, 3.8) is 0 Å². The van der Waals surface area contributed by atoms with Crippen molar-refractivity contribution in [2.24, 2.45) is 5.10 Å². The number of hydrazone groups is 1. The molecule has 2 aromatic rings. The third kappa shape index (κ3) is 5.65. The number of benzene rings is 1. The van der Waals surface area contributed by atoms with E-state index in [9.17, 15) is 13.2 Å². The Bertz CT molecular complexity index is 731. The lowest BCUT2D eigenvalue weighted by molar-refractivity contribution is -0.137. The Hall–Kier alpha value is -2.77. The van der Waals surface area contributed by atoms with Crippen molar-refractivity contribution in [3.05, 3.63) is 47.7 Å². The molecule has 0 radical (unpaired) electrons. The van der Waals surface area contributed by atoms with Crippen molar-refractivity contribution in [2.75, 3.05) is 19.1 Å². The Balaban J connectivity index is 1.99. The van der Waals surface area contributed by atoms with Crippen LogP contribution in [-0.4, -0.2) is 24.9 Å². The number of rotatable bonds is 8. The summed E-state index contributed by atoms with van der Waals surface area (Å²) in [7, 11) is 1.55. The van der Waals surface area contributed by atoms with Crippen molar-refractivity contribution in [2.45, 2.75) is 25.9 Å². The number of halogens is 3. The van der Waals surface area contributed by atoms with Crippen LogP contribution in [0.15, 0.2) is 41.6 Å². The van der Waals surface area contributed by atoms with E-state index in [4.69, 9.17) is 9.47 Å². The Morgan fingerprint density at radius 1 is 1.19 bits per heavy atom. The molecule has 0 spiro atoms. The molecule has 0 saturated carbocycles. The molecule has 8 heteroatoms. The Labute approximate surface area is 149 Å². The van der Waals surface area contributed by atoms with E-state index in [0.717, 1.165) is 30.7 Å². The van der Waals surface area contributed by atoms with Gasteiger partial charge in [0, 0.05) is 6.20 Å². The molecule has 0 saturated heterocycles. The zero-order chi connectivity index (χ0) is 19.0. The van der Waals surface area contributed by atoms with E-state index in [1.807, 2.05) is 0 Å². The zero-order valence-corrected chi connectivity index (χ0v) is 14.5. The van der Waals surface area contributed by atoms with Crippen molar-refractivity contribution in [1.82, 2.24) is 4.98 Å². The number of unbranched alkanes of at least 4 members (excludes halogenated alkanes) is 1. The zero-order valence-electron chi connectivity index (χ0n) is 14.5. The number of aromatic nitrogens is 1. The molecule has 0 aliphatic rings. The smallest absolute Gasteiger partial charge is 0.417 e. The number of hydrogen-bond acceptors (Lipinski definition) is 5. The standard InChI is InChI=1S/C18H20F3N3O2/c1-3-4-9-26-15-7-5-13(10-16(15)25-2)11-23-24-17-8-6-14(12-22-17)18(19,20)21/h5-8,10-12H,3-4,9H2,1-2H3,(H,22,24)/b23-11+. The van der Waals surface area contributed by atoms with Gasteiger partial charge in [-0.3, -0.25) is 5.43 Å². The number of ether oxygens (including phenoxy) is 2. The molecule has 5 nitrogen and oxygen atoms in total. The highest BCUT2D eigenvalue weighted by Crippen LogP contribution is 2.29. The van der Waals surface area contributed by atoms with Gasteiger partial charge in [-0.2, -0.15) is 18.3 Å². The van der Waals surface area contributed by atoms with Gasteiger partial charge in [-0.25, -0.2) is 4.98 Å². The van der Waals surface area contributed by atoms with E-state index in [2.05, 4.69) is 22.4 Å². The molecule has 26 heavy (non-hydrogen) atoms. The summed E-state index contributed by atoms with van der Waals surface area (Å²) in [6.45, 7) is 2.69. The minimum absolute atomic E-state index is 0.209. The number of alkyl halides is 3. The molecule has 0 aliphatic carbocycles. The van der Waals surface area contributed by atoms with Gasteiger partial charge in [0.05, 0.1) is 25.5 Å². The van der Waals surface area contributed by atoms with Gasteiger partial charge in [0.15, 0.2) is 11.5 Å². The SMILES string of the molecule is CCCCOc1ccc(/C=N/Nc2ccc(C(F)(F)F)cn2)cc1OC. The molecule has 0 aliphatic heterocycles. The average Bonchev–Trinajstić information content (AvgIpc) is 2.62. The van der Waals surface area contributed by atoms with E-state index < -0.39 is 11.7 Å². The van der Waals surface area contributed by atoms with Gasteiger partial charge in [0.25, 0.3) is 0 Å². The minimum Gasteiger partial charge on any atom is -0.493 e. The molecular weight excluding hydrogens is 347 g/mol. The Kier molecular flexibility index (Phi) is 6.82. The second-order valence-corrected chi connectivity index (χ2v) is 5.41. The van der Waals surface area contributed by atoms with Gasteiger partial charge in [-0.1, -0.05) is 13.3 Å².